The van der Waals surface area contributed by atoms with Gasteiger partial charge in [0.2, 0.25) is 0 Å². The minimum absolute atomic E-state index is 0.260. The van der Waals surface area contributed by atoms with Gasteiger partial charge in [0.1, 0.15) is 11.6 Å². The number of anilines is 1. The second-order valence-electron chi connectivity index (χ2n) is 4.73. The lowest BCUT2D eigenvalue weighted by molar-refractivity contribution is -0.222. The highest BCUT2D eigenvalue weighted by molar-refractivity contribution is 6.15. The van der Waals surface area contributed by atoms with Crippen LogP contribution in [0, 0.1) is 5.82 Å². The summed E-state index contributed by atoms with van der Waals surface area (Å²) in [6.07, 6.45) is 1.09. The average Bonchev–Trinajstić information content (AvgIpc) is 2.36. The molecular weight excluding hydrogens is 281 g/mol. The fraction of sp³-hybridized carbons (Fsp3) is 0.286. The third-order valence-electron chi connectivity index (χ3n) is 2.65. The van der Waals surface area contributed by atoms with Crippen molar-refractivity contribution < 1.29 is 28.2 Å². The lowest BCUT2D eigenvalue weighted by Gasteiger charge is -2.29. The molecule has 1 aliphatic heterocycles. The first-order valence-electron chi connectivity index (χ1n) is 6.09. The summed E-state index contributed by atoms with van der Waals surface area (Å²) in [4.78, 5) is 23.5. The van der Waals surface area contributed by atoms with E-state index in [4.69, 9.17) is 14.2 Å². The number of halogens is 1. The molecule has 0 aliphatic carbocycles. The average molecular weight is 295 g/mol. The van der Waals surface area contributed by atoms with Crippen LogP contribution in [0.25, 0.3) is 0 Å². The Kier molecular flexibility index (Phi) is 3.84. The lowest BCUT2D eigenvalue weighted by atomic mass is 10.2. The van der Waals surface area contributed by atoms with Crippen molar-refractivity contribution in [1.29, 1.82) is 0 Å². The van der Waals surface area contributed by atoms with Crippen molar-refractivity contribution in [1.82, 2.24) is 0 Å². The van der Waals surface area contributed by atoms with E-state index < -0.39 is 23.5 Å². The van der Waals surface area contributed by atoms with Crippen LogP contribution in [0.15, 0.2) is 30.0 Å². The summed E-state index contributed by atoms with van der Waals surface area (Å²) in [5.74, 6) is -3.09. The highest BCUT2D eigenvalue weighted by Crippen LogP contribution is 2.26. The van der Waals surface area contributed by atoms with E-state index in [-0.39, 0.29) is 11.3 Å². The second-order valence-corrected chi connectivity index (χ2v) is 4.73. The normalized spacial score (nSPS) is 16.9. The number of nitrogens with one attached hydrogen (secondary N) is 1. The molecule has 0 atom stereocenters. The highest BCUT2D eigenvalue weighted by atomic mass is 19.1. The Hall–Kier alpha value is -2.57. The van der Waals surface area contributed by atoms with Crippen molar-refractivity contribution in [2.24, 2.45) is 0 Å². The third kappa shape index (κ3) is 3.31. The minimum atomic E-state index is -1.30. The molecule has 1 N–H and O–H groups in total. The molecule has 7 heteroatoms. The fourth-order valence-corrected chi connectivity index (χ4v) is 1.72. The van der Waals surface area contributed by atoms with Crippen molar-refractivity contribution in [2.45, 2.75) is 19.6 Å². The van der Waals surface area contributed by atoms with Crippen LogP contribution in [0.5, 0.6) is 5.75 Å². The molecule has 112 valence electrons. The maximum absolute atomic E-state index is 13.2. The molecule has 1 heterocycles. The number of methoxy groups -OCH3 is 1. The highest BCUT2D eigenvalue weighted by Gasteiger charge is 2.38. The van der Waals surface area contributed by atoms with Crippen LogP contribution >= 0.6 is 0 Å². The summed E-state index contributed by atoms with van der Waals surface area (Å²) >= 11 is 0. The molecule has 0 amide bonds. The Morgan fingerprint density at radius 3 is 2.43 bits per heavy atom. The molecule has 0 saturated carbocycles. The van der Waals surface area contributed by atoms with Crippen LogP contribution in [0.3, 0.4) is 0 Å². The van der Waals surface area contributed by atoms with Gasteiger partial charge in [-0.1, -0.05) is 0 Å². The van der Waals surface area contributed by atoms with Crippen LogP contribution in [0.1, 0.15) is 13.8 Å². The summed E-state index contributed by atoms with van der Waals surface area (Å²) in [7, 11) is 1.41. The molecule has 2 rings (SSSR count). The number of carbonyl (C=O) groups excluding carboxylic acids is 2. The summed E-state index contributed by atoms with van der Waals surface area (Å²) in [5, 5.41) is 2.63. The zero-order valence-corrected chi connectivity index (χ0v) is 11.7. The minimum Gasteiger partial charge on any atom is -0.495 e. The number of carbonyl (C=O) groups is 2. The van der Waals surface area contributed by atoms with Gasteiger partial charge in [-0.2, -0.15) is 0 Å². The first-order chi connectivity index (χ1) is 9.82. The van der Waals surface area contributed by atoms with E-state index in [0.29, 0.717) is 5.75 Å². The first kappa shape index (κ1) is 14.8. The topological polar surface area (TPSA) is 73.9 Å². The Balaban J connectivity index is 2.23. The van der Waals surface area contributed by atoms with E-state index in [1.807, 2.05) is 0 Å². The van der Waals surface area contributed by atoms with Gasteiger partial charge < -0.3 is 19.5 Å². The van der Waals surface area contributed by atoms with Crippen LogP contribution in [0.4, 0.5) is 10.1 Å². The van der Waals surface area contributed by atoms with E-state index in [1.165, 1.54) is 39.2 Å². The van der Waals surface area contributed by atoms with Gasteiger partial charge in [0.05, 0.1) is 12.8 Å². The zero-order chi connectivity index (χ0) is 15.6. The van der Waals surface area contributed by atoms with Crippen LogP contribution < -0.4 is 10.1 Å². The number of hydrogen-bond donors (Lipinski definition) is 1. The van der Waals surface area contributed by atoms with Gasteiger partial charge in [0, 0.05) is 26.1 Å². The SMILES string of the molecule is COc1ccc(F)cc1NC=C1C(=O)OC(C)(C)OC1=O. The Morgan fingerprint density at radius 2 is 1.86 bits per heavy atom. The van der Waals surface area contributed by atoms with E-state index in [1.54, 1.807) is 0 Å². The van der Waals surface area contributed by atoms with Gasteiger partial charge in [0.15, 0.2) is 5.57 Å². The van der Waals surface area contributed by atoms with Crippen molar-refractivity contribution in [2.75, 3.05) is 12.4 Å². The molecule has 1 aliphatic rings. The van der Waals surface area contributed by atoms with Gasteiger partial charge in [-0.05, 0) is 12.1 Å². The molecular formula is C14H14FNO5. The van der Waals surface area contributed by atoms with Gasteiger partial charge >= 0.3 is 11.9 Å². The van der Waals surface area contributed by atoms with Crippen LogP contribution in [-0.2, 0) is 19.1 Å². The van der Waals surface area contributed by atoms with E-state index in [9.17, 15) is 14.0 Å². The van der Waals surface area contributed by atoms with Crippen molar-refractivity contribution in [3.63, 3.8) is 0 Å². The van der Waals surface area contributed by atoms with Crippen LogP contribution in [-0.4, -0.2) is 24.8 Å². The summed E-state index contributed by atoms with van der Waals surface area (Å²) in [6, 6.07) is 3.80. The quantitative estimate of drug-likeness (QED) is 0.522. The number of cyclic esters (lactones) is 2. The number of esters is 2. The number of rotatable bonds is 3. The molecule has 1 aromatic rings. The van der Waals surface area contributed by atoms with E-state index in [2.05, 4.69) is 5.32 Å². The largest absolute Gasteiger partial charge is 0.495 e. The fourth-order valence-electron chi connectivity index (χ4n) is 1.72. The molecule has 6 nitrogen and oxygen atoms in total. The van der Waals surface area contributed by atoms with Gasteiger partial charge in [-0.25, -0.2) is 14.0 Å². The standard InChI is InChI=1S/C14H14FNO5/c1-14(2)20-12(17)9(13(18)21-14)7-16-10-6-8(15)4-5-11(10)19-3/h4-7,16H,1-3H3. The predicted molar refractivity (Wildman–Crippen MR) is 70.9 cm³/mol. The van der Waals surface area contributed by atoms with E-state index in [0.717, 1.165) is 6.20 Å². The Labute approximate surface area is 120 Å². The molecule has 0 radical (unpaired) electrons. The molecule has 1 aromatic carbocycles. The molecule has 21 heavy (non-hydrogen) atoms. The monoisotopic (exact) mass is 295 g/mol. The van der Waals surface area contributed by atoms with Gasteiger partial charge in [0.25, 0.3) is 5.79 Å². The van der Waals surface area contributed by atoms with E-state index >= 15 is 0 Å². The first-order valence-corrected chi connectivity index (χ1v) is 6.09. The molecule has 0 aromatic heterocycles. The maximum Gasteiger partial charge on any atom is 0.350 e. The Bertz CT molecular complexity index is 602. The second kappa shape index (κ2) is 5.43. The van der Waals surface area contributed by atoms with Crippen molar-refractivity contribution >= 4 is 17.6 Å². The van der Waals surface area contributed by atoms with Crippen molar-refractivity contribution in [3.05, 3.63) is 35.8 Å². The number of ether oxygens (including phenoxy) is 3. The summed E-state index contributed by atoms with van der Waals surface area (Å²) in [5.41, 5.74) is -0.0592. The number of hydrogen-bond acceptors (Lipinski definition) is 6. The predicted octanol–water partition coefficient (Wildman–Crippen LogP) is 1.97. The van der Waals surface area contributed by atoms with Gasteiger partial charge in [-0.15, -0.1) is 0 Å². The lowest BCUT2D eigenvalue weighted by Crippen LogP contribution is -2.42. The Morgan fingerprint density at radius 1 is 1.24 bits per heavy atom. The number of benzene rings is 1. The molecule has 1 fully saturated rings. The summed E-state index contributed by atoms with van der Waals surface area (Å²) < 4.78 is 28.1. The molecule has 0 unspecified atom stereocenters. The van der Waals surface area contributed by atoms with Crippen molar-refractivity contribution in [3.8, 4) is 5.75 Å². The third-order valence-corrected chi connectivity index (χ3v) is 2.65. The molecule has 0 spiro atoms. The maximum atomic E-state index is 13.2. The molecule has 1 saturated heterocycles. The van der Waals surface area contributed by atoms with Crippen LogP contribution in [0.2, 0.25) is 0 Å². The smallest absolute Gasteiger partial charge is 0.350 e. The zero-order valence-electron chi connectivity index (χ0n) is 11.7. The van der Waals surface area contributed by atoms with Gasteiger partial charge in [-0.3, -0.25) is 0 Å². The molecule has 0 bridgehead atoms. The summed E-state index contributed by atoms with van der Waals surface area (Å²) in [6.45, 7) is 2.89.